The van der Waals surface area contributed by atoms with Crippen molar-refractivity contribution >= 4 is 43.8 Å². The van der Waals surface area contributed by atoms with Crippen molar-refractivity contribution in [2.75, 3.05) is 13.2 Å². The van der Waals surface area contributed by atoms with Crippen molar-refractivity contribution in [2.24, 2.45) is 23.7 Å². The summed E-state index contributed by atoms with van der Waals surface area (Å²) >= 11 is 7.64. The van der Waals surface area contributed by atoms with Gasteiger partial charge in [-0.2, -0.15) is 0 Å². The molecule has 1 aliphatic carbocycles. The van der Waals surface area contributed by atoms with Gasteiger partial charge < -0.3 is 28.4 Å². The van der Waals surface area contributed by atoms with Crippen molar-refractivity contribution in [1.82, 2.24) is 30.0 Å². The summed E-state index contributed by atoms with van der Waals surface area (Å²) in [5.41, 5.74) is 6.96. The van der Waals surface area contributed by atoms with Gasteiger partial charge in [0.25, 0.3) is 0 Å². The minimum absolute atomic E-state index is 0.00962. The van der Waals surface area contributed by atoms with Crippen LogP contribution >= 0.6 is 31.9 Å². The summed E-state index contributed by atoms with van der Waals surface area (Å²) in [4.78, 5) is 24.0. The largest absolute Gasteiger partial charge is 0.457 e. The number of nitrogens with zero attached hydrogens (tertiary/aromatic N) is 6. The fraction of sp³-hybridized carbons (Fsp3) is 0.647. The fourth-order valence-electron chi connectivity index (χ4n) is 10.5. The molecule has 16 heteroatoms. The number of aromatic nitrogens is 6. The van der Waals surface area contributed by atoms with Crippen LogP contribution in [-0.4, -0.2) is 79.6 Å². The van der Waals surface area contributed by atoms with Crippen molar-refractivity contribution in [1.29, 1.82) is 0 Å². The second kappa shape index (κ2) is 23.4. The maximum atomic E-state index is 12.0. The van der Waals surface area contributed by atoms with Crippen molar-refractivity contribution < 1.29 is 38.0 Å². The molecule has 0 N–H and O–H groups in total. The second-order valence-electron chi connectivity index (χ2n) is 19.3. The van der Waals surface area contributed by atoms with Gasteiger partial charge in [0.05, 0.1) is 43.5 Å². The van der Waals surface area contributed by atoms with Gasteiger partial charge in [0.15, 0.2) is 24.7 Å². The molecule has 0 spiro atoms. The molecule has 0 radical (unpaired) electrons. The van der Waals surface area contributed by atoms with Gasteiger partial charge in [0.1, 0.15) is 5.69 Å². The molecule has 4 aromatic rings. The van der Waals surface area contributed by atoms with Crippen LogP contribution < -0.4 is 0 Å². The first kappa shape index (κ1) is 51.3. The third-order valence-electron chi connectivity index (χ3n) is 14.8. The molecule has 0 bridgehead atoms. The lowest BCUT2D eigenvalue weighted by Crippen LogP contribution is -2.48. The zero-order valence-corrected chi connectivity index (χ0v) is 43.7. The van der Waals surface area contributed by atoms with E-state index in [1.165, 1.54) is 36.1 Å². The van der Waals surface area contributed by atoms with E-state index in [9.17, 15) is 9.59 Å². The first-order valence-electron chi connectivity index (χ1n) is 24.4. The molecule has 10 unspecified atom stereocenters. The Labute approximate surface area is 413 Å². The monoisotopic (exact) mass is 1050 g/mol. The van der Waals surface area contributed by atoms with E-state index in [1.807, 2.05) is 20.0 Å². The molecule has 366 valence electrons. The summed E-state index contributed by atoms with van der Waals surface area (Å²) < 4.78 is 41.9. The van der Waals surface area contributed by atoms with Gasteiger partial charge in [0.2, 0.25) is 0 Å². The minimum atomic E-state index is -0.558. The summed E-state index contributed by atoms with van der Waals surface area (Å²) in [6, 6.07) is 13.6. The Balaban J connectivity index is 0.886. The van der Waals surface area contributed by atoms with E-state index in [1.54, 1.807) is 15.6 Å². The van der Waals surface area contributed by atoms with Crippen LogP contribution in [0.3, 0.4) is 0 Å². The number of carbonyl (C=O) groups excluding carboxylic acids is 2. The van der Waals surface area contributed by atoms with Gasteiger partial charge >= 0.3 is 11.9 Å². The van der Waals surface area contributed by atoms with E-state index in [0.29, 0.717) is 26.4 Å². The third kappa shape index (κ3) is 12.1. The van der Waals surface area contributed by atoms with Gasteiger partial charge in [-0.25, -0.2) is 9.36 Å². The van der Waals surface area contributed by atoms with Crippen molar-refractivity contribution in [3.63, 3.8) is 0 Å². The summed E-state index contributed by atoms with van der Waals surface area (Å²) in [5, 5.41) is 17.2. The van der Waals surface area contributed by atoms with Gasteiger partial charge in [-0.3, -0.25) is 9.59 Å². The van der Waals surface area contributed by atoms with Crippen LogP contribution in [0.2, 0.25) is 0 Å². The zero-order valence-electron chi connectivity index (χ0n) is 40.5. The maximum Gasteiger partial charge on any atom is 0.303 e. The summed E-state index contributed by atoms with van der Waals surface area (Å²) in [7, 11) is 0. The molecule has 2 aliphatic heterocycles. The minimum Gasteiger partial charge on any atom is -0.457 e. The zero-order chi connectivity index (χ0) is 47.8. The van der Waals surface area contributed by atoms with Gasteiger partial charge in [-0.1, -0.05) is 121 Å². The van der Waals surface area contributed by atoms with E-state index in [-0.39, 0.29) is 53.2 Å². The predicted molar refractivity (Wildman–Crippen MR) is 261 cm³/mol. The summed E-state index contributed by atoms with van der Waals surface area (Å²) in [6.45, 7) is 17.4. The van der Waals surface area contributed by atoms with Gasteiger partial charge in [0, 0.05) is 53.3 Å². The first-order valence-corrected chi connectivity index (χ1v) is 26.0. The Hall–Kier alpha value is -3.54. The molecule has 0 saturated carbocycles. The highest BCUT2D eigenvalue weighted by Crippen LogP contribution is 2.55. The molecule has 2 saturated heterocycles. The van der Waals surface area contributed by atoms with Crippen LogP contribution in [0.15, 0.2) is 57.7 Å². The average molecular weight is 1050 g/mol. The Morgan fingerprint density at radius 3 is 1.72 bits per heavy atom. The molecular formula is C51H70Br2N6O8. The molecule has 0 amide bonds. The Morgan fingerprint density at radius 1 is 0.657 bits per heavy atom. The van der Waals surface area contributed by atoms with Crippen LogP contribution in [0.4, 0.5) is 0 Å². The molecule has 2 fully saturated rings. The van der Waals surface area contributed by atoms with Crippen LogP contribution in [0.1, 0.15) is 155 Å². The molecule has 67 heavy (non-hydrogen) atoms. The number of fused-ring (bicyclic) bond motifs is 3. The van der Waals surface area contributed by atoms with E-state index in [2.05, 4.69) is 117 Å². The lowest BCUT2D eigenvalue weighted by atomic mass is 9.70. The number of halogens is 2. The van der Waals surface area contributed by atoms with Crippen molar-refractivity contribution in [3.8, 4) is 11.1 Å². The van der Waals surface area contributed by atoms with Crippen molar-refractivity contribution in [3.05, 3.63) is 80.3 Å². The summed E-state index contributed by atoms with van der Waals surface area (Å²) in [5.74, 6) is -0.0179. The molecule has 10 atom stereocenters. The first-order chi connectivity index (χ1) is 32.2. The van der Waals surface area contributed by atoms with E-state index in [0.717, 1.165) is 84.5 Å². The highest BCUT2D eigenvalue weighted by Gasteiger charge is 2.46. The number of unbranched alkanes of at least 4 members (excludes halogenated alkanes) is 6. The van der Waals surface area contributed by atoms with Crippen LogP contribution in [0.5, 0.6) is 0 Å². The molecule has 14 nitrogen and oxygen atoms in total. The fourth-order valence-corrected chi connectivity index (χ4v) is 11.2. The number of benzene rings is 2. The quantitative estimate of drug-likeness (QED) is 0.0544. The average Bonchev–Trinajstić information content (AvgIpc) is 4.03. The predicted octanol–water partition coefficient (Wildman–Crippen LogP) is 11.2. The number of carbonyl (C=O) groups is 2. The maximum absolute atomic E-state index is 12.0. The van der Waals surface area contributed by atoms with Crippen LogP contribution in [0, 0.1) is 23.7 Å². The standard InChI is InChI=1S/C51H70Br2N6O8/c1-31-33(3)47(66-37(7)60)49(64-35(31)5)58-28-41(55-57-58)29-62-23-15-11-9-13-21-51(45-25-39(52)17-19-43(45)44-20-18-40(53)26-46(44)51)22-14-10-12-16-24-63-30-42-27-54-56-59(42)50-48(67-38(8)61)34(4)32(2)36(6)65-50/h17-20,25-28,31-36,47-50H,9-16,21-24,29-30H2,1-8H3. The van der Waals surface area contributed by atoms with Crippen LogP contribution in [0.25, 0.3) is 11.1 Å². The van der Waals surface area contributed by atoms with Gasteiger partial charge in [-0.15, -0.1) is 10.2 Å². The third-order valence-corrected chi connectivity index (χ3v) is 15.8. The normalized spacial score (nSPS) is 26.5. The molecular weight excluding hydrogens is 984 g/mol. The highest BCUT2D eigenvalue weighted by molar-refractivity contribution is 9.10. The number of hydrogen-bond acceptors (Lipinski definition) is 12. The molecule has 3 aliphatic rings. The molecule has 2 aromatic carbocycles. The number of ether oxygens (including phenoxy) is 6. The Morgan fingerprint density at radius 2 is 1.16 bits per heavy atom. The second-order valence-corrected chi connectivity index (χ2v) is 21.1. The lowest BCUT2D eigenvalue weighted by Gasteiger charge is -2.43. The molecule has 4 heterocycles. The topological polar surface area (TPSA) is 151 Å². The number of esters is 2. The van der Waals surface area contributed by atoms with E-state index < -0.39 is 24.7 Å². The van der Waals surface area contributed by atoms with Crippen LogP contribution in [-0.2, 0) is 56.6 Å². The smallest absolute Gasteiger partial charge is 0.303 e. The Kier molecular flexibility index (Phi) is 17.9. The van der Waals surface area contributed by atoms with Crippen molar-refractivity contribution in [2.45, 2.75) is 175 Å². The van der Waals surface area contributed by atoms with Gasteiger partial charge in [-0.05, 0) is 97.9 Å². The molecule has 7 rings (SSSR count). The van der Waals surface area contributed by atoms with E-state index in [4.69, 9.17) is 28.4 Å². The Bertz CT molecular complexity index is 2220. The number of rotatable bonds is 22. The van der Waals surface area contributed by atoms with E-state index >= 15 is 0 Å². The molecule has 2 aromatic heterocycles. The highest BCUT2D eigenvalue weighted by atomic mass is 79.9. The summed E-state index contributed by atoms with van der Waals surface area (Å²) in [6.07, 6.45) is 12.1. The SMILES string of the molecule is CC(=O)OC1C(C)C(C)C(C)OC1n1cc(COCCCCCCC2(CCCCCCOCc3cnnn3C3OC(C)C(C)C(C)C3OC(C)=O)c3cc(Br)ccc3-c3ccc(Br)cc32)nn1. The lowest BCUT2D eigenvalue weighted by molar-refractivity contribution is -0.216. The number of hydrogen-bond donors (Lipinski definition) is 0.